The molecular weight excluding hydrogens is 220 g/mol. The number of halogens is 1. The van der Waals surface area contributed by atoms with Crippen LogP contribution in [0.2, 0.25) is 5.15 Å². The van der Waals surface area contributed by atoms with Crippen molar-refractivity contribution in [2.45, 2.75) is 25.3 Å². The van der Waals surface area contributed by atoms with Crippen molar-refractivity contribution >= 4 is 17.2 Å². The molecule has 1 N–H and O–H groups in total. The van der Waals surface area contributed by atoms with Crippen molar-refractivity contribution in [2.75, 3.05) is 6.54 Å². The molecule has 0 saturated carbocycles. The SMILES string of the molecule is Clc1ccc(C2=C[C@@H]3CCCN[C@@H]3C2)cn1. The molecule has 1 aliphatic carbocycles. The number of nitrogens with one attached hydrogen (secondary N) is 1. The highest BCUT2D eigenvalue weighted by Gasteiger charge is 2.29. The predicted octanol–water partition coefficient (Wildman–Crippen LogP) is 2.89. The summed E-state index contributed by atoms with van der Waals surface area (Å²) in [6.07, 6.45) is 8.05. The largest absolute Gasteiger partial charge is 0.313 e. The Kier molecular flexibility index (Phi) is 2.70. The van der Waals surface area contributed by atoms with E-state index in [9.17, 15) is 0 Å². The van der Waals surface area contributed by atoms with E-state index in [1.807, 2.05) is 12.3 Å². The van der Waals surface area contributed by atoms with Gasteiger partial charge in [0.05, 0.1) is 0 Å². The summed E-state index contributed by atoms with van der Waals surface area (Å²) in [5.41, 5.74) is 2.65. The predicted molar refractivity (Wildman–Crippen MR) is 66.4 cm³/mol. The summed E-state index contributed by atoms with van der Waals surface area (Å²) in [4.78, 5) is 4.15. The monoisotopic (exact) mass is 234 g/mol. The molecule has 0 radical (unpaired) electrons. The Balaban J connectivity index is 1.83. The zero-order chi connectivity index (χ0) is 11.0. The lowest BCUT2D eigenvalue weighted by Crippen LogP contribution is -2.37. The Morgan fingerprint density at radius 2 is 2.31 bits per heavy atom. The third-order valence-electron chi connectivity index (χ3n) is 3.59. The molecule has 16 heavy (non-hydrogen) atoms. The zero-order valence-corrected chi connectivity index (χ0v) is 9.87. The van der Waals surface area contributed by atoms with Gasteiger partial charge in [0.1, 0.15) is 5.15 Å². The van der Waals surface area contributed by atoms with Crippen LogP contribution in [0.5, 0.6) is 0 Å². The van der Waals surface area contributed by atoms with E-state index < -0.39 is 0 Å². The van der Waals surface area contributed by atoms with Gasteiger partial charge in [-0.3, -0.25) is 0 Å². The molecule has 84 valence electrons. The van der Waals surface area contributed by atoms with Gasteiger partial charge in [0.15, 0.2) is 0 Å². The van der Waals surface area contributed by atoms with Crippen molar-refractivity contribution in [1.29, 1.82) is 0 Å². The average Bonchev–Trinajstić information content (AvgIpc) is 2.73. The van der Waals surface area contributed by atoms with Gasteiger partial charge in [0, 0.05) is 12.2 Å². The molecule has 2 heterocycles. The number of rotatable bonds is 1. The number of pyridine rings is 1. The highest BCUT2D eigenvalue weighted by Crippen LogP contribution is 2.35. The number of fused-ring (bicyclic) bond motifs is 1. The Morgan fingerprint density at radius 1 is 1.38 bits per heavy atom. The first-order valence-electron chi connectivity index (χ1n) is 5.89. The molecule has 2 nitrogen and oxygen atoms in total. The van der Waals surface area contributed by atoms with Crippen LogP contribution < -0.4 is 5.32 Å². The molecule has 0 spiro atoms. The number of hydrogen-bond donors (Lipinski definition) is 1. The Hall–Kier alpha value is -0.860. The van der Waals surface area contributed by atoms with E-state index in [2.05, 4.69) is 22.4 Å². The van der Waals surface area contributed by atoms with E-state index in [0.717, 1.165) is 12.3 Å². The van der Waals surface area contributed by atoms with E-state index in [1.165, 1.54) is 30.5 Å². The topological polar surface area (TPSA) is 24.9 Å². The summed E-state index contributed by atoms with van der Waals surface area (Å²) in [6, 6.07) is 4.59. The van der Waals surface area contributed by atoms with Crippen molar-refractivity contribution < 1.29 is 0 Å². The molecular formula is C13H15ClN2. The maximum atomic E-state index is 5.80. The van der Waals surface area contributed by atoms with Crippen molar-refractivity contribution in [1.82, 2.24) is 10.3 Å². The molecule has 3 rings (SSSR count). The molecule has 2 aliphatic rings. The molecule has 0 amide bonds. The first-order valence-corrected chi connectivity index (χ1v) is 6.27. The van der Waals surface area contributed by atoms with E-state index in [-0.39, 0.29) is 0 Å². The first-order chi connectivity index (χ1) is 7.83. The number of aromatic nitrogens is 1. The maximum absolute atomic E-state index is 5.80. The second-order valence-corrected chi connectivity index (χ2v) is 5.02. The Morgan fingerprint density at radius 3 is 3.06 bits per heavy atom. The van der Waals surface area contributed by atoms with Crippen molar-refractivity contribution in [3.8, 4) is 0 Å². The van der Waals surface area contributed by atoms with Crippen LogP contribution in [-0.2, 0) is 0 Å². The lowest BCUT2D eigenvalue weighted by Gasteiger charge is -2.25. The first kappa shape index (κ1) is 10.3. The minimum absolute atomic E-state index is 0.567. The third kappa shape index (κ3) is 1.87. The summed E-state index contributed by atoms with van der Waals surface area (Å²) in [5, 5.41) is 4.16. The molecule has 2 atom stereocenters. The van der Waals surface area contributed by atoms with Crippen LogP contribution >= 0.6 is 11.6 Å². The second-order valence-electron chi connectivity index (χ2n) is 4.63. The Bertz CT molecular complexity index is 410. The van der Waals surface area contributed by atoms with Crippen LogP contribution in [0.4, 0.5) is 0 Å². The van der Waals surface area contributed by atoms with Crippen LogP contribution in [0.1, 0.15) is 24.8 Å². The molecule has 0 unspecified atom stereocenters. The Labute approximate surface area is 101 Å². The molecule has 1 fully saturated rings. The van der Waals surface area contributed by atoms with Crippen molar-refractivity contribution in [3.05, 3.63) is 35.1 Å². The highest BCUT2D eigenvalue weighted by atomic mass is 35.5. The van der Waals surface area contributed by atoms with Gasteiger partial charge in [-0.1, -0.05) is 23.7 Å². The minimum Gasteiger partial charge on any atom is -0.313 e. The van der Waals surface area contributed by atoms with Gasteiger partial charge in [-0.15, -0.1) is 0 Å². The summed E-state index contributed by atoms with van der Waals surface area (Å²) >= 11 is 5.80. The third-order valence-corrected chi connectivity index (χ3v) is 3.81. The lowest BCUT2D eigenvalue weighted by molar-refractivity contribution is 0.348. The minimum atomic E-state index is 0.567. The quantitative estimate of drug-likeness (QED) is 0.756. The molecule has 1 aromatic rings. The number of hydrogen-bond acceptors (Lipinski definition) is 2. The zero-order valence-electron chi connectivity index (χ0n) is 9.12. The van der Waals surface area contributed by atoms with Crippen molar-refractivity contribution in [3.63, 3.8) is 0 Å². The molecule has 1 aliphatic heterocycles. The fraction of sp³-hybridized carbons (Fsp3) is 0.462. The smallest absolute Gasteiger partial charge is 0.129 e. The molecule has 1 saturated heterocycles. The van der Waals surface area contributed by atoms with Gasteiger partial charge >= 0.3 is 0 Å². The van der Waals surface area contributed by atoms with Gasteiger partial charge in [0.25, 0.3) is 0 Å². The number of nitrogens with zero attached hydrogens (tertiary/aromatic N) is 1. The average molecular weight is 235 g/mol. The van der Waals surface area contributed by atoms with Gasteiger partial charge in [-0.05, 0) is 48.9 Å². The van der Waals surface area contributed by atoms with Crippen LogP contribution in [-0.4, -0.2) is 17.6 Å². The van der Waals surface area contributed by atoms with Gasteiger partial charge in [-0.2, -0.15) is 0 Å². The lowest BCUT2D eigenvalue weighted by atomic mass is 9.94. The number of piperidine rings is 1. The van der Waals surface area contributed by atoms with Crippen LogP contribution in [0.15, 0.2) is 24.4 Å². The standard InChI is InChI=1S/C13H15ClN2/c14-13-4-3-10(8-16-13)11-6-9-2-1-5-15-12(9)7-11/h3-4,6,8-9,12,15H,1-2,5,7H2/t9-,12+/m0/s1. The van der Waals surface area contributed by atoms with E-state index in [1.54, 1.807) is 0 Å². The fourth-order valence-corrected chi connectivity index (χ4v) is 2.86. The fourth-order valence-electron chi connectivity index (χ4n) is 2.74. The summed E-state index contributed by atoms with van der Waals surface area (Å²) in [5.74, 6) is 0.722. The molecule has 1 aromatic heterocycles. The molecule has 3 heteroatoms. The summed E-state index contributed by atoms with van der Waals surface area (Å²) < 4.78 is 0. The van der Waals surface area contributed by atoms with E-state index in [0.29, 0.717) is 11.2 Å². The molecule has 0 aromatic carbocycles. The van der Waals surface area contributed by atoms with E-state index >= 15 is 0 Å². The maximum Gasteiger partial charge on any atom is 0.129 e. The van der Waals surface area contributed by atoms with Gasteiger partial charge < -0.3 is 5.32 Å². The normalized spacial score (nSPS) is 28.7. The van der Waals surface area contributed by atoms with E-state index in [4.69, 9.17) is 11.6 Å². The second kappa shape index (κ2) is 4.19. The summed E-state index contributed by atoms with van der Waals surface area (Å²) in [7, 11) is 0. The summed E-state index contributed by atoms with van der Waals surface area (Å²) in [6.45, 7) is 1.17. The van der Waals surface area contributed by atoms with Gasteiger partial charge in [-0.25, -0.2) is 4.98 Å². The van der Waals surface area contributed by atoms with Crippen LogP contribution in [0.3, 0.4) is 0 Å². The van der Waals surface area contributed by atoms with Gasteiger partial charge in [0.2, 0.25) is 0 Å². The van der Waals surface area contributed by atoms with Crippen molar-refractivity contribution in [2.24, 2.45) is 5.92 Å². The van der Waals surface area contributed by atoms with Crippen LogP contribution in [0.25, 0.3) is 5.57 Å². The highest BCUT2D eigenvalue weighted by molar-refractivity contribution is 6.29. The molecule has 0 bridgehead atoms. The van der Waals surface area contributed by atoms with Crippen LogP contribution in [0, 0.1) is 5.92 Å².